The minimum Gasteiger partial charge on any atom is -0.308 e. The molecule has 4 nitrogen and oxygen atoms in total. The maximum Gasteiger partial charge on any atom is 0.0725 e. The molecule has 0 atom stereocenters. The molecule has 0 amide bonds. The van der Waals surface area contributed by atoms with Gasteiger partial charge in [0.2, 0.25) is 0 Å². The van der Waals surface area contributed by atoms with Crippen molar-refractivity contribution in [3.63, 3.8) is 0 Å². The second kappa shape index (κ2) is 14.4. The molecule has 70 heavy (non-hydrogen) atoms. The summed E-state index contributed by atoms with van der Waals surface area (Å²) in [6.45, 7) is 0. The first-order valence-electron chi connectivity index (χ1n) is 23.8. The molecule has 0 aliphatic rings. The van der Waals surface area contributed by atoms with Crippen molar-refractivity contribution in [3.8, 4) is 0 Å². The lowest BCUT2D eigenvalue weighted by atomic mass is 10.0. The van der Waals surface area contributed by atoms with Crippen molar-refractivity contribution in [3.05, 3.63) is 231 Å². The highest BCUT2D eigenvalue weighted by Crippen LogP contribution is 2.52. The van der Waals surface area contributed by atoms with E-state index in [-0.39, 0.29) is 0 Å². The lowest BCUT2D eigenvalue weighted by Crippen LogP contribution is -2.17. The van der Waals surface area contributed by atoms with E-state index in [1.54, 1.807) is 0 Å². The summed E-state index contributed by atoms with van der Waals surface area (Å²) in [5.41, 5.74) is 13.5. The van der Waals surface area contributed by atoms with Crippen LogP contribution in [0.1, 0.15) is 0 Å². The van der Waals surface area contributed by atoms with Crippen LogP contribution in [0.3, 0.4) is 0 Å². The number of aromatic nitrogens is 2. The van der Waals surface area contributed by atoms with Crippen LogP contribution in [0.4, 0.5) is 34.1 Å². The van der Waals surface area contributed by atoms with Crippen LogP contribution in [0.25, 0.3) is 106 Å². The predicted molar refractivity (Wildman–Crippen MR) is 302 cm³/mol. The molecule has 16 rings (SSSR count). The van der Waals surface area contributed by atoms with E-state index in [1.165, 1.54) is 94.7 Å². The molecule has 0 fully saturated rings. The Balaban J connectivity index is 1.14. The molecule has 0 spiro atoms. The van der Waals surface area contributed by atoms with Crippen molar-refractivity contribution in [1.29, 1.82) is 0 Å². The normalized spacial score (nSPS) is 12.3. The summed E-state index contributed by atoms with van der Waals surface area (Å²) in [6.07, 6.45) is 0. The van der Waals surface area contributed by atoms with Gasteiger partial charge in [-0.2, -0.15) is 0 Å². The van der Waals surface area contributed by atoms with Crippen LogP contribution in [-0.4, -0.2) is 8.80 Å². The van der Waals surface area contributed by atoms with Gasteiger partial charge < -0.3 is 18.6 Å². The molecule has 11 aromatic carbocycles. The first kappa shape index (κ1) is 38.3. The van der Waals surface area contributed by atoms with Crippen molar-refractivity contribution in [2.24, 2.45) is 0 Å². The Morgan fingerprint density at radius 3 is 1.14 bits per heavy atom. The van der Waals surface area contributed by atoms with Crippen molar-refractivity contribution in [2.75, 3.05) is 9.80 Å². The van der Waals surface area contributed by atoms with Crippen LogP contribution in [0.15, 0.2) is 231 Å². The number of hydrogen-bond acceptors (Lipinski definition) is 4. The maximum atomic E-state index is 2.58. The fraction of sp³-hybridized carbons (Fsp3) is 0. The summed E-state index contributed by atoms with van der Waals surface area (Å²) in [5, 5.41) is 12.6. The number of anilines is 6. The van der Waals surface area contributed by atoms with E-state index < -0.39 is 0 Å². The summed E-state index contributed by atoms with van der Waals surface area (Å²) in [6, 6.07) is 85.9. The zero-order valence-electron chi connectivity index (χ0n) is 37.5. The molecule has 6 heteroatoms. The highest BCUT2D eigenvalue weighted by molar-refractivity contribution is 7.26. The van der Waals surface area contributed by atoms with Crippen LogP contribution in [-0.2, 0) is 0 Å². The van der Waals surface area contributed by atoms with Crippen LogP contribution in [0.2, 0.25) is 0 Å². The first-order valence-corrected chi connectivity index (χ1v) is 25.5. The molecule has 0 saturated carbocycles. The van der Waals surface area contributed by atoms with Gasteiger partial charge in [0.1, 0.15) is 0 Å². The summed E-state index contributed by atoms with van der Waals surface area (Å²) < 4.78 is 10.3. The van der Waals surface area contributed by atoms with Crippen LogP contribution in [0, 0.1) is 0 Å². The number of benzene rings is 11. The Kier molecular flexibility index (Phi) is 7.89. The van der Waals surface area contributed by atoms with Gasteiger partial charge in [-0.1, -0.05) is 133 Å². The van der Waals surface area contributed by atoms with Gasteiger partial charge in [-0.05, 0) is 102 Å². The largest absolute Gasteiger partial charge is 0.308 e. The SMILES string of the molecule is c1ccc(N(c2ccc3sc4ccccc4c3c2)c2cc3c(cc2N(c2ccccc2)c2ccc4sc5ccccc5c4c2)n2c4ccccc4c4ccc5ccc6c7ccccc7n3c6c5c42)cc1. The van der Waals surface area contributed by atoms with Crippen LogP contribution < -0.4 is 9.80 Å². The standard InChI is InChI=1S/C64H38N4S2/c1-3-15-40(16-4-1)65(42-29-33-60-50(35-42)46-21-9-13-25-58(46)69-60)54-37-56-57(38-55(54)66(41-17-5-2-6-18-41)43-30-34-61-51(36-43)47-22-10-14-26-59(47)70-61)68-53-24-12-8-20-45(53)49-32-28-39-27-31-48-44-19-7-11-23-52(44)67(56)63(48)62(39)64(49)68/h1-38H. The number of para-hydroxylation sites is 4. The molecular formula is C64H38N4S2. The zero-order chi connectivity index (χ0) is 45.6. The molecule has 0 aliphatic heterocycles. The van der Waals surface area contributed by atoms with E-state index in [9.17, 15) is 0 Å². The van der Waals surface area contributed by atoms with Gasteiger partial charge in [-0.3, -0.25) is 0 Å². The molecule has 0 aliphatic carbocycles. The lowest BCUT2D eigenvalue weighted by Gasteiger charge is -2.33. The third-order valence-corrected chi connectivity index (χ3v) is 17.1. The van der Waals surface area contributed by atoms with Gasteiger partial charge in [0.15, 0.2) is 0 Å². The molecule has 326 valence electrons. The second-order valence-corrected chi connectivity index (χ2v) is 20.6. The molecule has 5 heterocycles. The highest BCUT2D eigenvalue weighted by atomic mass is 32.1. The highest BCUT2D eigenvalue weighted by Gasteiger charge is 2.28. The van der Waals surface area contributed by atoms with Crippen molar-refractivity contribution in [2.45, 2.75) is 0 Å². The molecule has 0 radical (unpaired) electrons. The summed E-state index contributed by atoms with van der Waals surface area (Å²) in [5.74, 6) is 0. The van der Waals surface area contributed by atoms with Crippen molar-refractivity contribution < 1.29 is 0 Å². The minimum atomic E-state index is 1.06. The first-order chi connectivity index (χ1) is 34.7. The Bertz CT molecular complexity index is 4490. The predicted octanol–water partition coefficient (Wildman–Crippen LogP) is 19.1. The minimum absolute atomic E-state index is 1.06. The smallest absolute Gasteiger partial charge is 0.0725 e. The fourth-order valence-corrected chi connectivity index (χ4v) is 14.0. The van der Waals surface area contributed by atoms with Crippen LogP contribution in [0.5, 0.6) is 0 Å². The van der Waals surface area contributed by atoms with Crippen molar-refractivity contribution in [1.82, 2.24) is 8.80 Å². The Morgan fingerprint density at radius 1 is 0.271 bits per heavy atom. The van der Waals surface area contributed by atoms with E-state index >= 15 is 0 Å². The molecule has 0 N–H and O–H groups in total. The molecule has 0 bridgehead atoms. The third-order valence-electron chi connectivity index (χ3n) is 14.8. The van der Waals surface area contributed by atoms with E-state index in [0.717, 1.165) is 45.2 Å². The van der Waals surface area contributed by atoms with Gasteiger partial charge in [-0.15, -0.1) is 22.7 Å². The van der Waals surface area contributed by atoms with E-state index in [1.807, 2.05) is 22.7 Å². The lowest BCUT2D eigenvalue weighted by molar-refractivity contribution is 1.22. The fourth-order valence-electron chi connectivity index (χ4n) is 11.8. The number of rotatable bonds is 6. The van der Waals surface area contributed by atoms with E-state index in [2.05, 4.69) is 249 Å². The monoisotopic (exact) mass is 926 g/mol. The van der Waals surface area contributed by atoms with Gasteiger partial charge in [0.05, 0.1) is 44.5 Å². The Hall–Kier alpha value is -8.68. The Morgan fingerprint density at radius 2 is 0.671 bits per heavy atom. The van der Waals surface area contributed by atoms with Gasteiger partial charge in [-0.25, -0.2) is 0 Å². The van der Waals surface area contributed by atoms with Crippen molar-refractivity contribution >= 4 is 163 Å². The average molecular weight is 927 g/mol. The molecule has 5 aromatic heterocycles. The molecule has 0 unspecified atom stereocenters. The zero-order valence-corrected chi connectivity index (χ0v) is 39.2. The summed E-state index contributed by atoms with van der Waals surface area (Å²) in [4.78, 5) is 5.00. The quantitative estimate of drug-likeness (QED) is 0.165. The number of thiophene rings is 2. The number of fused-ring (bicyclic) bond motifs is 15. The Labute approximate surface area is 409 Å². The van der Waals surface area contributed by atoms with E-state index in [0.29, 0.717) is 0 Å². The molecule has 0 saturated heterocycles. The number of nitrogens with zero attached hydrogens (tertiary/aromatic N) is 4. The van der Waals surface area contributed by atoms with Gasteiger partial charge in [0, 0.05) is 90.0 Å². The average Bonchev–Trinajstić information content (AvgIpc) is 4.16. The molecular weight excluding hydrogens is 889 g/mol. The third kappa shape index (κ3) is 5.29. The second-order valence-electron chi connectivity index (χ2n) is 18.5. The summed E-state index contributed by atoms with van der Waals surface area (Å²) in [7, 11) is 0. The van der Waals surface area contributed by atoms with E-state index in [4.69, 9.17) is 0 Å². The van der Waals surface area contributed by atoms with Gasteiger partial charge >= 0.3 is 0 Å². The van der Waals surface area contributed by atoms with Gasteiger partial charge in [0.25, 0.3) is 0 Å². The number of hydrogen-bond donors (Lipinski definition) is 0. The molecule has 16 aromatic rings. The topological polar surface area (TPSA) is 15.3 Å². The van der Waals surface area contributed by atoms with Crippen LogP contribution >= 0.6 is 22.7 Å². The maximum absolute atomic E-state index is 2.58. The summed E-state index contributed by atoms with van der Waals surface area (Å²) >= 11 is 3.72.